The number of rotatable bonds is 6. The summed E-state index contributed by atoms with van der Waals surface area (Å²) in [5.74, 6) is -0.297. The second kappa shape index (κ2) is 18.0. The van der Waals surface area contributed by atoms with Crippen molar-refractivity contribution in [1.82, 2.24) is 0 Å². The van der Waals surface area contributed by atoms with Gasteiger partial charge in [0.1, 0.15) is 0 Å². The van der Waals surface area contributed by atoms with Gasteiger partial charge in [0, 0.05) is 22.0 Å². The average molecular weight is 439 g/mol. The van der Waals surface area contributed by atoms with Crippen molar-refractivity contribution in [2.24, 2.45) is 0 Å². The Morgan fingerprint density at radius 2 is 0.952 bits per heavy atom. The zero-order valence-corrected chi connectivity index (χ0v) is 20.7. The van der Waals surface area contributed by atoms with Gasteiger partial charge < -0.3 is 14.6 Å². The predicted molar refractivity (Wildman–Crippen MR) is 86.0 cm³/mol. The van der Waals surface area contributed by atoms with Crippen molar-refractivity contribution in [2.75, 3.05) is 23.0 Å². The Kier molecular flexibility index (Phi) is 30.2. The molecule has 0 aliphatic heterocycles. The van der Waals surface area contributed by atoms with Crippen LogP contribution in [0.1, 0.15) is 0 Å². The van der Waals surface area contributed by atoms with Crippen LogP contribution in [0.3, 0.4) is 0 Å². The van der Waals surface area contributed by atoms with E-state index in [0.29, 0.717) is 11.5 Å². The van der Waals surface area contributed by atoms with Crippen molar-refractivity contribution in [1.29, 1.82) is 0 Å². The minimum absolute atomic E-state index is 0. The molecule has 0 aromatic carbocycles. The molecule has 0 aliphatic rings. The largest absolute Gasteiger partial charge is 1.00 e. The number of hydrogen-bond donors (Lipinski definition) is 4. The predicted octanol–water partition coefficient (Wildman–Crippen LogP) is -7.30. The van der Waals surface area contributed by atoms with E-state index in [0.717, 1.165) is 0 Å². The molecule has 0 aromatic rings. The molecule has 2 N–H and O–H groups in total. The summed E-state index contributed by atoms with van der Waals surface area (Å²) in [7, 11) is -8.22. The molecule has 0 aliphatic carbocycles. The fraction of sp³-hybridized carbons (Fsp3) is 1.00. The molecule has 2 unspecified atom stereocenters. The zero-order valence-electron chi connectivity index (χ0n) is 11.5. The molecule has 0 saturated heterocycles. The van der Waals surface area contributed by atoms with Crippen molar-refractivity contribution in [2.45, 2.75) is 10.5 Å². The monoisotopic (exact) mass is 438 g/mol. The van der Waals surface area contributed by atoms with Crippen LogP contribution in [0, 0.1) is 0 Å². The molecule has 7 nitrogen and oxygen atoms in total. The summed E-state index contributed by atoms with van der Waals surface area (Å²) in [6, 6.07) is 0. The second-order valence-electron chi connectivity index (χ2n) is 3.12. The van der Waals surface area contributed by atoms with E-state index < -0.39 is 42.2 Å². The normalized spacial score (nSPS) is 13.2. The van der Waals surface area contributed by atoms with Crippen LogP contribution >= 0.6 is 50.5 Å². The van der Waals surface area contributed by atoms with Crippen molar-refractivity contribution >= 4 is 70.8 Å². The molecule has 0 radical (unpaired) electrons. The Balaban J connectivity index is -0.0000000711. The van der Waals surface area contributed by atoms with Gasteiger partial charge in [0.15, 0.2) is 0 Å². The maximum atomic E-state index is 9.96. The van der Waals surface area contributed by atoms with Crippen molar-refractivity contribution < 1.29 is 90.5 Å². The van der Waals surface area contributed by atoms with Crippen LogP contribution in [-0.2, 0) is 20.2 Å². The Morgan fingerprint density at radius 3 is 1.00 bits per heavy atom. The van der Waals surface area contributed by atoms with Gasteiger partial charge in [0.2, 0.25) is 0 Å². The molecule has 2 atom stereocenters. The first-order valence-electron chi connectivity index (χ1n) is 4.36. The Morgan fingerprint density at radius 1 is 0.762 bits per heavy atom. The van der Waals surface area contributed by atoms with Gasteiger partial charge in [0.25, 0.3) is 0 Å². The SMILES string of the molecule is O.O=S(=O)([O-])CC(S)CS.O=S(=O)([O-])CC(S)CS.[Na+].[Na+]. The Labute approximate surface area is 192 Å². The fourth-order valence-corrected chi connectivity index (χ4v) is 3.46. The summed E-state index contributed by atoms with van der Waals surface area (Å²) in [6.45, 7) is 0. The van der Waals surface area contributed by atoms with E-state index in [-0.39, 0.29) is 64.6 Å². The third kappa shape index (κ3) is 35.2. The van der Waals surface area contributed by atoms with Crippen molar-refractivity contribution in [3.63, 3.8) is 0 Å². The summed E-state index contributed by atoms with van der Waals surface area (Å²) >= 11 is 15.0. The van der Waals surface area contributed by atoms with Crippen LogP contribution in [0.15, 0.2) is 0 Å². The molecule has 0 saturated carbocycles. The molecular weight excluding hydrogens is 422 g/mol. The van der Waals surface area contributed by atoms with Crippen LogP contribution in [0.5, 0.6) is 0 Å². The fourth-order valence-electron chi connectivity index (χ4n) is 0.577. The van der Waals surface area contributed by atoms with Gasteiger partial charge in [-0.3, -0.25) is 0 Å². The van der Waals surface area contributed by atoms with E-state index in [1.165, 1.54) is 0 Å². The zero-order chi connectivity index (χ0) is 15.0. The molecule has 0 bridgehead atoms. The minimum Gasteiger partial charge on any atom is -0.748 e. The van der Waals surface area contributed by atoms with Crippen molar-refractivity contribution in [3.05, 3.63) is 0 Å². The average Bonchev–Trinajstić information content (AvgIpc) is 2.13. The van der Waals surface area contributed by atoms with Crippen LogP contribution < -0.4 is 59.1 Å². The third-order valence-corrected chi connectivity index (χ3v) is 5.52. The quantitative estimate of drug-likeness (QED) is 0.184. The summed E-state index contributed by atoms with van der Waals surface area (Å²) < 4.78 is 59.8. The molecule has 0 spiro atoms. The number of thiol groups is 4. The number of hydrogen-bond acceptors (Lipinski definition) is 10. The van der Waals surface area contributed by atoms with Crippen LogP contribution in [-0.4, -0.2) is 64.9 Å². The molecule has 0 fully saturated rings. The van der Waals surface area contributed by atoms with Crippen LogP contribution in [0.25, 0.3) is 0 Å². The first kappa shape index (κ1) is 35.3. The molecule has 0 heterocycles. The standard InChI is InChI=1S/2C3H8O3S3.2Na.H2O/c2*4-9(5,6)2-3(8)1-7;;;/h2*3,7-8H,1-2H2,(H,4,5,6);;;1H2/q;;2*+1;/p-2. The molecule has 120 valence electrons. The minimum atomic E-state index is -4.11. The molecule has 0 aromatic heterocycles. The maximum absolute atomic E-state index is 9.96. The molecule has 0 rings (SSSR count). The van der Waals surface area contributed by atoms with E-state index in [9.17, 15) is 25.9 Å². The van der Waals surface area contributed by atoms with Gasteiger partial charge in [-0.2, -0.15) is 50.5 Å². The Bertz CT molecular complexity index is 373. The summed E-state index contributed by atoms with van der Waals surface area (Å²) in [4.78, 5) is 0. The van der Waals surface area contributed by atoms with E-state index >= 15 is 0 Å². The summed E-state index contributed by atoms with van der Waals surface area (Å²) in [5, 5.41) is -0.897. The van der Waals surface area contributed by atoms with Crippen LogP contribution in [0.2, 0.25) is 0 Å². The Hall–Kier alpha value is 3.18. The first-order valence-corrected chi connectivity index (χ1v) is 9.81. The van der Waals surface area contributed by atoms with Crippen molar-refractivity contribution in [3.8, 4) is 0 Å². The molecular formula is C6H16Na2O7S6. The van der Waals surface area contributed by atoms with E-state index in [1.54, 1.807) is 0 Å². The van der Waals surface area contributed by atoms with Gasteiger partial charge in [-0.25, -0.2) is 16.8 Å². The summed E-state index contributed by atoms with van der Waals surface area (Å²) in [5.41, 5.74) is 0. The van der Waals surface area contributed by atoms with Gasteiger partial charge in [0.05, 0.1) is 31.7 Å². The maximum Gasteiger partial charge on any atom is 1.00 e. The molecule has 0 amide bonds. The smallest absolute Gasteiger partial charge is 0.748 e. The van der Waals surface area contributed by atoms with E-state index in [1.807, 2.05) is 0 Å². The first-order chi connectivity index (χ1) is 7.91. The van der Waals surface area contributed by atoms with Crippen LogP contribution in [0.4, 0.5) is 0 Å². The van der Waals surface area contributed by atoms with E-state index in [2.05, 4.69) is 50.5 Å². The van der Waals surface area contributed by atoms with Gasteiger partial charge >= 0.3 is 59.1 Å². The summed E-state index contributed by atoms with van der Waals surface area (Å²) in [6.07, 6.45) is 0. The second-order valence-corrected chi connectivity index (χ2v) is 8.21. The van der Waals surface area contributed by atoms with E-state index in [4.69, 9.17) is 0 Å². The topological polar surface area (TPSA) is 146 Å². The van der Waals surface area contributed by atoms with Gasteiger partial charge in [-0.05, 0) is 0 Å². The third-order valence-electron chi connectivity index (χ3n) is 1.21. The molecule has 15 heteroatoms. The van der Waals surface area contributed by atoms with Gasteiger partial charge in [-0.1, -0.05) is 0 Å². The molecule has 21 heavy (non-hydrogen) atoms. The van der Waals surface area contributed by atoms with Gasteiger partial charge in [-0.15, -0.1) is 0 Å².